The molecule has 0 bridgehead atoms. The van der Waals surface area contributed by atoms with Crippen molar-refractivity contribution in [1.82, 2.24) is 9.80 Å². The van der Waals surface area contributed by atoms with Gasteiger partial charge in [-0.15, -0.1) is 0 Å². The molecule has 20 heavy (non-hydrogen) atoms. The molecular weight excluding hydrogens is 254 g/mol. The summed E-state index contributed by atoms with van der Waals surface area (Å²) in [5, 5.41) is 0. The zero-order valence-corrected chi connectivity index (χ0v) is 12.3. The van der Waals surface area contributed by atoms with Crippen molar-refractivity contribution in [2.75, 3.05) is 26.2 Å². The van der Waals surface area contributed by atoms with Crippen molar-refractivity contribution < 1.29 is 9.59 Å². The molecule has 3 aliphatic rings. The number of hydrogen-bond acceptors (Lipinski definition) is 3. The summed E-state index contributed by atoms with van der Waals surface area (Å²) >= 11 is 0. The van der Waals surface area contributed by atoms with Gasteiger partial charge in [-0.25, -0.2) is 0 Å². The van der Waals surface area contributed by atoms with Crippen LogP contribution in [0.2, 0.25) is 0 Å². The van der Waals surface area contributed by atoms with Gasteiger partial charge in [0, 0.05) is 38.1 Å². The van der Waals surface area contributed by atoms with Crippen LogP contribution in [0, 0.1) is 11.3 Å². The van der Waals surface area contributed by atoms with Crippen LogP contribution in [0.15, 0.2) is 0 Å². The van der Waals surface area contributed by atoms with E-state index in [9.17, 15) is 9.59 Å². The molecule has 2 aliphatic carbocycles. The molecule has 3 fully saturated rings. The molecule has 5 nitrogen and oxygen atoms in total. The van der Waals surface area contributed by atoms with Crippen LogP contribution in [0.1, 0.15) is 39.0 Å². The Morgan fingerprint density at radius 1 is 1.05 bits per heavy atom. The van der Waals surface area contributed by atoms with E-state index >= 15 is 0 Å². The van der Waals surface area contributed by atoms with E-state index in [0.29, 0.717) is 32.1 Å². The van der Waals surface area contributed by atoms with E-state index < -0.39 is 0 Å². The van der Waals surface area contributed by atoms with Crippen molar-refractivity contribution in [3.05, 3.63) is 0 Å². The molecule has 3 rings (SSSR count). The van der Waals surface area contributed by atoms with Gasteiger partial charge >= 0.3 is 0 Å². The highest BCUT2D eigenvalue weighted by molar-refractivity contribution is 5.84. The summed E-state index contributed by atoms with van der Waals surface area (Å²) in [6, 6.07) is -0.0128. The fraction of sp³-hybridized carbons (Fsp3) is 0.867. The van der Waals surface area contributed by atoms with Crippen molar-refractivity contribution >= 4 is 11.8 Å². The summed E-state index contributed by atoms with van der Waals surface area (Å²) in [5.74, 6) is 0.764. The normalized spacial score (nSPS) is 34.4. The molecule has 0 aromatic carbocycles. The molecule has 112 valence electrons. The number of nitrogens with two attached hydrogens (primary N) is 1. The number of rotatable bonds is 2. The minimum Gasteiger partial charge on any atom is -0.339 e. The Bertz CT molecular complexity index is 413. The molecule has 2 atom stereocenters. The maximum Gasteiger partial charge on any atom is 0.230 e. The summed E-state index contributed by atoms with van der Waals surface area (Å²) in [7, 11) is 0. The molecule has 0 aromatic heterocycles. The van der Waals surface area contributed by atoms with Gasteiger partial charge < -0.3 is 15.5 Å². The lowest BCUT2D eigenvalue weighted by Gasteiger charge is -2.40. The first-order chi connectivity index (χ1) is 9.52. The van der Waals surface area contributed by atoms with Crippen LogP contribution in [0.4, 0.5) is 0 Å². The lowest BCUT2D eigenvalue weighted by molar-refractivity contribution is -0.147. The molecule has 1 saturated heterocycles. The van der Waals surface area contributed by atoms with E-state index in [1.807, 2.05) is 16.7 Å². The lowest BCUT2D eigenvalue weighted by atomic mass is 9.83. The van der Waals surface area contributed by atoms with Gasteiger partial charge in [-0.1, -0.05) is 6.42 Å². The molecule has 1 aliphatic heterocycles. The van der Waals surface area contributed by atoms with E-state index in [2.05, 4.69) is 0 Å². The molecular formula is C15H25N3O2. The highest BCUT2D eigenvalue weighted by atomic mass is 16.2. The monoisotopic (exact) mass is 279 g/mol. The van der Waals surface area contributed by atoms with Crippen molar-refractivity contribution in [3.8, 4) is 0 Å². The number of piperazine rings is 1. The number of nitrogens with zero attached hydrogens (tertiary/aromatic N) is 2. The second-order valence-electron chi connectivity index (χ2n) is 6.81. The third-order valence-corrected chi connectivity index (χ3v) is 5.32. The van der Waals surface area contributed by atoms with Gasteiger partial charge in [0.05, 0.1) is 5.41 Å². The molecule has 2 saturated carbocycles. The van der Waals surface area contributed by atoms with E-state index in [4.69, 9.17) is 5.73 Å². The molecule has 0 radical (unpaired) electrons. The van der Waals surface area contributed by atoms with Crippen LogP contribution in [0.5, 0.6) is 0 Å². The Kier molecular flexibility index (Phi) is 3.48. The molecule has 2 N–H and O–H groups in total. The van der Waals surface area contributed by atoms with Gasteiger partial charge in [0.1, 0.15) is 0 Å². The first-order valence-electron chi connectivity index (χ1n) is 7.86. The average Bonchev–Trinajstić information content (AvgIpc) is 3.25. The molecule has 0 spiro atoms. The van der Waals surface area contributed by atoms with Gasteiger partial charge in [0.15, 0.2) is 0 Å². The quantitative estimate of drug-likeness (QED) is 0.804. The van der Waals surface area contributed by atoms with Crippen LogP contribution >= 0.6 is 0 Å². The van der Waals surface area contributed by atoms with Crippen molar-refractivity contribution in [1.29, 1.82) is 0 Å². The highest BCUT2D eigenvalue weighted by Gasteiger charge is 2.46. The van der Waals surface area contributed by atoms with Crippen molar-refractivity contribution in [2.24, 2.45) is 17.1 Å². The van der Waals surface area contributed by atoms with Crippen LogP contribution < -0.4 is 5.73 Å². The maximum absolute atomic E-state index is 12.7. The molecule has 1 heterocycles. The van der Waals surface area contributed by atoms with E-state index in [1.165, 1.54) is 0 Å². The fourth-order valence-corrected chi connectivity index (χ4v) is 3.54. The Labute approximate surface area is 120 Å². The number of hydrogen-bond donors (Lipinski definition) is 1. The first kappa shape index (κ1) is 13.9. The second-order valence-corrected chi connectivity index (χ2v) is 6.81. The first-order valence-corrected chi connectivity index (χ1v) is 7.86. The zero-order chi connectivity index (χ0) is 14.3. The Morgan fingerprint density at radius 2 is 1.65 bits per heavy atom. The molecule has 0 aromatic rings. The predicted molar refractivity (Wildman–Crippen MR) is 75.8 cm³/mol. The predicted octanol–water partition coefficient (Wildman–Crippen LogP) is 0.585. The number of carbonyl (C=O) groups excluding carboxylic acids is 2. The van der Waals surface area contributed by atoms with Crippen LogP contribution in [0.3, 0.4) is 0 Å². The second kappa shape index (κ2) is 5.02. The number of amides is 2. The Morgan fingerprint density at radius 3 is 2.15 bits per heavy atom. The van der Waals surface area contributed by atoms with Crippen LogP contribution in [0.25, 0.3) is 0 Å². The topological polar surface area (TPSA) is 66.6 Å². The fourth-order valence-electron chi connectivity index (χ4n) is 3.54. The zero-order valence-electron chi connectivity index (χ0n) is 12.3. The van der Waals surface area contributed by atoms with E-state index in [-0.39, 0.29) is 23.3 Å². The van der Waals surface area contributed by atoms with Gasteiger partial charge in [0.2, 0.25) is 11.8 Å². The van der Waals surface area contributed by atoms with Crippen molar-refractivity contribution in [2.45, 2.75) is 45.1 Å². The smallest absolute Gasteiger partial charge is 0.230 e. The minimum atomic E-state index is -0.386. The van der Waals surface area contributed by atoms with E-state index in [1.54, 1.807) is 0 Å². The molecule has 2 amide bonds. The minimum absolute atomic E-state index is 0.0128. The number of carbonyl (C=O) groups is 2. The maximum atomic E-state index is 12.7. The average molecular weight is 279 g/mol. The standard InChI is InChI=1S/C15H25N3O2/c1-15(6-2-3-12(15)16)14(20)18-9-7-17(8-10-18)13(19)11-4-5-11/h11-12H,2-10,16H2,1H3. The molecule has 5 heteroatoms. The van der Waals surface area contributed by atoms with Crippen molar-refractivity contribution in [3.63, 3.8) is 0 Å². The summed E-state index contributed by atoms with van der Waals surface area (Å²) in [6.45, 7) is 4.71. The van der Waals surface area contributed by atoms with Gasteiger partial charge in [-0.3, -0.25) is 9.59 Å². The molecule has 2 unspecified atom stereocenters. The SMILES string of the molecule is CC1(C(=O)N2CCN(C(=O)C3CC3)CC2)CCCC1N. The van der Waals surface area contributed by atoms with Gasteiger partial charge in [-0.05, 0) is 32.6 Å². The Balaban J connectivity index is 1.57. The largest absolute Gasteiger partial charge is 0.339 e. The Hall–Kier alpha value is -1.10. The summed E-state index contributed by atoms with van der Waals surface area (Å²) < 4.78 is 0. The summed E-state index contributed by atoms with van der Waals surface area (Å²) in [5.41, 5.74) is 5.75. The van der Waals surface area contributed by atoms with Crippen LogP contribution in [-0.4, -0.2) is 53.8 Å². The van der Waals surface area contributed by atoms with Crippen LogP contribution in [-0.2, 0) is 9.59 Å². The summed E-state index contributed by atoms with van der Waals surface area (Å²) in [6.07, 6.45) is 4.98. The van der Waals surface area contributed by atoms with Gasteiger partial charge in [-0.2, -0.15) is 0 Å². The third kappa shape index (κ3) is 2.32. The lowest BCUT2D eigenvalue weighted by Crippen LogP contribution is -2.56. The van der Waals surface area contributed by atoms with E-state index in [0.717, 1.165) is 32.1 Å². The highest BCUT2D eigenvalue weighted by Crippen LogP contribution is 2.38. The third-order valence-electron chi connectivity index (χ3n) is 5.32. The van der Waals surface area contributed by atoms with Gasteiger partial charge in [0.25, 0.3) is 0 Å². The summed E-state index contributed by atoms with van der Waals surface area (Å²) in [4.78, 5) is 28.6.